The third-order valence-electron chi connectivity index (χ3n) is 1.87. The molecule has 1 amide bonds. The van der Waals surface area contributed by atoms with Crippen LogP contribution < -0.4 is 5.32 Å². The van der Waals surface area contributed by atoms with Gasteiger partial charge in [0.1, 0.15) is 16.7 Å². The van der Waals surface area contributed by atoms with E-state index in [0.717, 1.165) is 0 Å². The van der Waals surface area contributed by atoms with Crippen LogP contribution in [0.2, 0.25) is 0 Å². The second-order valence-corrected chi connectivity index (χ2v) is 3.59. The quantitative estimate of drug-likeness (QED) is 0.570. The van der Waals surface area contributed by atoms with Crippen molar-refractivity contribution in [2.45, 2.75) is 27.2 Å². The fourth-order valence-corrected chi connectivity index (χ4v) is 1.52. The molecule has 0 bridgehead atoms. The fourth-order valence-electron chi connectivity index (χ4n) is 1.13. The number of Topliss-reactive ketones (excluding diaryl/α,β-unsaturated/α-hetero) is 1. The summed E-state index contributed by atoms with van der Waals surface area (Å²) in [6.07, 6.45) is -0.423. The van der Waals surface area contributed by atoms with Gasteiger partial charge < -0.3 is 10.1 Å². The molecule has 90 valence electrons. The summed E-state index contributed by atoms with van der Waals surface area (Å²) in [5.74, 6) is -1.02. The van der Waals surface area contributed by atoms with Gasteiger partial charge in [-0.2, -0.15) is 0 Å². The zero-order valence-corrected chi connectivity index (χ0v) is 10.4. The van der Waals surface area contributed by atoms with Gasteiger partial charge in [0.05, 0.1) is 6.61 Å². The molecule has 0 heterocycles. The Kier molecular flexibility index (Phi) is 6.48. The first-order valence-electron chi connectivity index (χ1n) is 4.99. The number of rotatable bonds is 5. The molecule has 16 heavy (non-hydrogen) atoms. The van der Waals surface area contributed by atoms with Crippen LogP contribution in [-0.2, 0) is 9.53 Å². The Morgan fingerprint density at radius 2 is 2.00 bits per heavy atom. The molecule has 0 rings (SSSR count). The van der Waals surface area contributed by atoms with Crippen molar-refractivity contribution in [1.82, 2.24) is 5.32 Å². The van der Waals surface area contributed by atoms with Crippen molar-refractivity contribution in [3.63, 3.8) is 0 Å². The molecule has 0 aromatic carbocycles. The summed E-state index contributed by atoms with van der Waals surface area (Å²) in [6.45, 7) is 5.06. The number of hydrogen-bond acceptors (Lipinski definition) is 5. The Labute approximate surface area is 100 Å². The van der Waals surface area contributed by atoms with Gasteiger partial charge in [-0.25, -0.2) is 4.79 Å². The Bertz CT molecular complexity index is 315. The molecule has 0 fully saturated rings. The van der Waals surface area contributed by atoms with Crippen LogP contribution in [0, 0.1) is 11.3 Å². The van der Waals surface area contributed by atoms with E-state index in [-0.39, 0.29) is 29.5 Å². The van der Waals surface area contributed by atoms with Crippen molar-refractivity contribution in [3.05, 3.63) is 0 Å². The van der Waals surface area contributed by atoms with Gasteiger partial charge in [0.2, 0.25) is 0 Å². The van der Waals surface area contributed by atoms with E-state index in [2.05, 4.69) is 10.1 Å². The van der Waals surface area contributed by atoms with Crippen molar-refractivity contribution in [2.24, 2.45) is 5.92 Å². The predicted octanol–water partition coefficient (Wildman–Crippen LogP) is 1.69. The lowest BCUT2D eigenvalue weighted by Gasteiger charge is -2.15. The van der Waals surface area contributed by atoms with Gasteiger partial charge in [0, 0.05) is 12.1 Å². The van der Waals surface area contributed by atoms with Gasteiger partial charge in [0.25, 0.3) is 0 Å². The van der Waals surface area contributed by atoms with Gasteiger partial charge in [-0.05, 0) is 13.8 Å². The number of ether oxygens (including phenoxy) is 1. The Morgan fingerprint density at radius 3 is 2.38 bits per heavy atom. The summed E-state index contributed by atoms with van der Waals surface area (Å²) in [5, 5.41) is 9.75. The largest absolute Gasteiger partial charge is 0.450 e. The third-order valence-corrected chi connectivity index (χ3v) is 2.20. The van der Waals surface area contributed by atoms with Gasteiger partial charge in [-0.1, -0.05) is 19.1 Å². The van der Waals surface area contributed by atoms with E-state index in [1.807, 2.05) is 0 Å². The molecule has 0 aliphatic rings. The van der Waals surface area contributed by atoms with E-state index in [0.29, 0.717) is 0 Å². The summed E-state index contributed by atoms with van der Waals surface area (Å²) in [7, 11) is 0. The Morgan fingerprint density at radius 1 is 1.44 bits per heavy atom. The summed E-state index contributed by atoms with van der Waals surface area (Å²) in [5.41, 5.74) is 0.119. The topological polar surface area (TPSA) is 79.2 Å². The molecular weight excluding hydrogens is 228 g/mol. The molecule has 6 heteroatoms. The average molecular weight is 244 g/mol. The fraction of sp³-hybridized carbons (Fsp3) is 0.600. The van der Waals surface area contributed by atoms with Gasteiger partial charge >= 0.3 is 6.09 Å². The van der Waals surface area contributed by atoms with Crippen LogP contribution in [0.3, 0.4) is 0 Å². The number of amides is 1. The van der Waals surface area contributed by atoms with E-state index >= 15 is 0 Å². The molecule has 1 unspecified atom stereocenters. The lowest BCUT2D eigenvalue weighted by atomic mass is 9.97. The maximum Gasteiger partial charge on any atom is 0.412 e. The van der Waals surface area contributed by atoms with E-state index in [9.17, 15) is 9.59 Å². The average Bonchev–Trinajstić information content (AvgIpc) is 2.17. The molecule has 0 aromatic rings. The molecule has 5 nitrogen and oxygen atoms in total. The van der Waals surface area contributed by atoms with Gasteiger partial charge in [-0.15, -0.1) is 0 Å². The smallest absolute Gasteiger partial charge is 0.412 e. The molecule has 1 atom stereocenters. The Balaban J connectivity index is 4.58. The third kappa shape index (κ3) is 4.48. The molecule has 2 N–H and O–H groups in total. The SMILES string of the molecule is CCOC(=O)NC(=S)C(C(C)=N)C(=O)CC. The number of alkyl carbamates (subject to hydrolysis) is 1. The maximum absolute atomic E-state index is 11.5. The number of ketones is 1. The van der Waals surface area contributed by atoms with Crippen LogP contribution in [0.25, 0.3) is 0 Å². The summed E-state index contributed by atoms with van der Waals surface area (Å²) < 4.78 is 4.64. The highest BCUT2D eigenvalue weighted by atomic mass is 32.1. The molecule has 0 spiro atoms. The number of carbonyl (C=O) groups is 2. The molecular formula is C10H16N2O3S. The first kappa shape index (κ1) is 14.7. The first-order chi connectivity index (χ1) is 7.43. The minimum Gasteiger partial charge on any atom is -0.450 e. The normalized spacial score (nSPS) is 11.4. The zero-order valence-electron chi connectivity index (χ0n) is 9.62. The van der Waals surface area contributed by atoms with E-state index < -0.39 is 12.0 Å². The van der Waals surface area contributed by atoms with Crippen molar-refractivity contribution in [3.8, 4) is 0 Å². The van der Waals surface area contributed by atoms with Crippen LogP contribution in [-0.4, -0.2) is 29.2 Å². The van der Waals surface area contributed by atoms with Crippen molar-refractivity contribution >= 4 is 34.8 Å². The number of nitrogens with one attached hydrogen (secondary N) is 2. The molecule has 0 radical (unpaired) electrons. The van der Waals surface area contributed by atoms with Crippen LogP contribution in [0.1, 0.15) is 27.2 Å². The predicted molar refractivity (Wildman–Crippen MR) is 64.9 cm³/mol. The van der Waals surface area contributed by atoms with Crippen LogP contribution in [0.4, 0.5) is 4.79 Å². The molecule has 0 aliphatic carbocycles. The maximum atomic E-state index is 11.5. The number of thiocarbonyl (C=S) groups is 1. The number of carbonyl (C=O) groups excluding carboxylic acids is 2. The first-order valence-corrected chi connectivity index (χ1v) is 5.40. The lowest BCUT2D eigenvalue weighted by molar-refractivity contribution is -0.119. The van der Waals surface area contributed by atoms with E-state index in [1.165, 1.54) is 6.92 Å². The van der Waals surface area contributed by atoms with Crippen molar-refractivity contribution < 1.29 is 14.3 Å². The van der Waals surface area contributed by atoms with Crippen LogP contribution in [0.15, 0.2) is 0 Å². The molecule has 0 saturated carbocycles. The van der Waals surface area contributed by atoms with E-state index in [1.54, 1.807) is 13.8 Å². The zero-order chi connectivity index (χ0) is 12.7. The summed E-state index contributed by atoms with van der Waals surface area (Å²) in [4.78, 5) is 22.6. The monoisotopic (exact) mass is 244 g/mol. The molecule has 0 aromatic heterocycles. The van der Waals surface area contributed by atoms with Gasteiger partial charge in [-0.3, -0.25) is 10.1 Å². The second-order valence-electron chi connectivity index (χ2n) is 3.15. The summed E-state index contributed by atoms with van der Waals surface area (Å²) >= 11 is 4.91. The van der Waals surface area contributed by atoms with Crippen LogP contribution >= 0.6 is 12.2 Å². The van der Waals surface area contributed by atoms with Crippen molar-refractivity contribution in [2.75, 3.05) is 6.61 Å². The number of hydrogen-bond donors (Lipinski definition) is 2. The second kappa shape index (κ2) is 7.05. The summed E-state index contributed by atoms with van der Waals surface area (Å²) in [6, 6.07) is 0. The van der Waals surface area contributed by atoms with Crippen LogP contribution in [0.5, 0.6) is 0 Å². The Hall–Kier alpha value is -1.30. The highest BCUT2D eigenvalue weighted by molar-refractivity contribution is 7.80. The van der Waals surface area contributed by atoms with Gasteiger partial charge in [0.15, 0.2) is 0 Å². The molecule has 0 saturated heterocycles. The van der Waals surface area contributed by atoms with E-state index in [4.69, 9.17) is 17.6 Å². The highest BCUT2D eigenvalue weighted by Crippen LogP contribution is 2.06. The lowest BCUT2D eigenvalue weighted by Crippen LogP contribution is -2.40. The molecule has 0 aliphatic heterocycles. The standard InChI is InChI=1S/C10H16N2O3S/c1-4-7(13)8(6(3)11)9(16)12-10(14)15-5-2/h8,11H,4-5H2,1-3H3,(H,12,14,16). The minimum absolute atomic E-state index is 0.0257. The van der Waals surface area contributed by atoms with Crippen molar-refractivity contribution in [1.29, 1.82) is 5.41 Å². The minimum atomic E-state index is -0.829. The highest BCUT2D eigenvalue weighted by Gasteiger charge is 2.25.